The summed E-state index contributed by atoms with van der Waals surface area (Å²) in [6, 6.07) is 2.07. The number of guanidine groups is 1. The molecule has 0 aliphatic heterocycles. The topological polar surface area (TPSA) is 235 Å². The van der Waals surface area contributed by atoms with Gasteiger partial charge in [0.25, 0.3) is 0 Å². The van der Waals surface area contributed by atoms with Gasteiger partial charge in [-0.25, -0.2) is 4.79 Å². The second kappa shape index (κ2) is 17.0. The van der Waals surface area contributed by atoms with Crippen molar-refractivity contribution >= 4 is 29.7 Å². The largest absolute Gasteiger partial charge is 0.508 e. The second-order valence-corrected chi connectivity index (χ2v) is 10.7. The van der Waals surface area contributed by atoms with Crippen molar-refractivity contribution in [2.75, 3.05) is 6.54 Å². The molecule has 1 aromatic carbocycles. The van der Waals surface area contributed by atoms with Crippen LogP contribution in [0.3, 0.4) is 0 Å². The third-order valence-corrected chi connectivity index (χ3v) is 5.97. The number of carbonyl (C=O) groups is 4. The molecule has 0 spiro atoms. The van der Waals surface area contributed by atoms with Crippen molar-refractivity contribution in [3.8, 4) is 5.75 Å². The molecule has 13 nitrogen and oxygen atoms in total. The van der Waals surface area contributed by atoms with E-state index < -0.39 is 47.9 Å². The molecule has 13 heteroatoms. The lowest BCUT2D eigenvalue weighted by atomic mass is 10.00. The van der Waals surface area contributed by atoms with Crippen LogP contribution in [0.15, 0.2) is 29.3 Å². The van der Waals surface area contributed by atoms with Gasteiger partial charge in [-0.2, -0.15) is 0 Å². The maximum absolute atomic E-state index is 13.3. The van der Waals surface area contributed by atoms with Gasteiger partial charge in [0, 0.05) is 6.54 Å². The van der Waals surface area contributed by atoms with E-state index in [9.17, 15) is 29.4 Å². The fourth-order valence-corrected chi connectivity index (χ4v) is 3.97. The summed E-state index contributed by atoms with van der Waals surface area (Å²) in [5.41, 5.74) is 17.5. The first-order valence-electron chi connectivity index (χ1n) is 13.4. The number of carboxylic acid groups (broad SMARTS) is 1. The van der Waals surface area contributed by atoms with Crippen LogP contribution in [0.5, 0.6) is 5.75 Å². The highest BCUT2D eigenvalue weighted by molar-refractivity contribution is 5.94. The van der Waals surface area contributed by atoms with Gasteiger partial charge in [-0.1, -0.05) is 39.8 Å². The van der Waals surface area contributed by atoms with Crippen molar-refractivity contribution in [3.05, 3.63) is 29.8 Å². The zero-order valence-electron chi connectivity index (χ0n) is 23.7. The fraction of sp³-hybridized carbons (Fsp3) is 0.593. The lowest BCUT2D eigenvalue weighted by Gasteiger charge is -2.26. The van der Waals surface area contributed by atoms with Crippen LogP contribution in [0.4, 0.5) is 0 Å². The number of aliphatic carboxylic acids is 1. The van der Waals surface area contributed by atoms with Crippen LogP contribution in [0.2, 0.25) is 0 Å². The van der Waals surface area contributed by atoms with E-state index in [1.807, 2.05) is 27.7 Å². The molecule has 1 rings (SSSR count). The van der Waals surface area contributed by atoms with Gasteiger partial charge in [-0.05, 0) is 61.6 Å². The molecule has 0 aliphatic carbocycles. The van der Waals surface area contributed by atoms with Gasteiger partial charge < -0.3 is 43.4 Å². The molecule has 0 radical (unpaired) electrons. The molecular weight excluding hydrogens is 518 g/mol. The van der Waals surface area contributed by atoms with Crippen LogP contribution in [0, 0.1) is 11.8 Å². The Labute approximate surface area is 235 Å². The van der Waals surface area contributed by atoms with E-state index in [0.29, 0.717) is 6.42 Å². The van der Waals surface area contributed by atoms with E-state index in [4.69, 9.17) is 17.2 Å². The molecule has 1 aromatic rings. The lowest BCUT2D eigenvalue weighted by Crippen LogP contribution is -2.57. The number of carboxylic acids is 1. The molecule has 4 atom stereocenters. The first-order chi connectivity index (χ1) is 18.7. The van der Waals surface area contributed by atoms with E-state index in [-0.39, 0.29) is 55.8 Å². The SMILES string of the molecule is CC(C)CC(NC(=O)C(CC(C)C)NC(=O)C(CCCN=C(N)N)NC(=O)C(N)Cc1ccc(O)cc1)C(=O)O. The minimum absolute atomic E-state index is 0.00179. The first kappa shape index (κ1) is 34.2. The number of carbonyl (C=O) groups excluding carboxylic acids is 3. The maximum atomic E-state index is 13.3. The normalized spacial score (nSPS) is 14.1. The fourth-order valence-electron chi connectivity index (χ4n) is 3.97. The summed E-state index contributed by atoms with van der Waals surface area (Å²) in [7, 11) is 0. The average molecular weight is 564 g/mol. The quantitative estimate of drug-likeness (QED) is 0.0719. The standard InChI is InChI=1S/C27H45N7O6/c1-15(2)12-21(25(38)34-22(26(39)40)13-16(3)4)33-24(37)20(6-5-11-31-27(29)30)32-23(36)19(28)14-17-7-9-18(35)10-8-17/h7-10,15-16,19-22,35H,5-6,11-14,28H2,1-4H3,(H,32,36)(H,33,37)(H,34,38)(H,39,40)(H4,29,30,31). The van der Waals surface area contributed by atoms with E-state index in [2.05, 4.69) is 20.9 Å². The summed E-state index contributed by atoms with van der Waals surface area (Å²) in [6.07, 6.45) is 1.15. The van der Waals surface area contributed by atoms with Crippen LogP contribution in [0.25, 0.3) is 0 Å². The van der Waals surface area contributed by atoms with Crippen molar-refractivity contribution in [2.45, 2.75) is 84.0 Å². The van der Waals surface area contributed by atoms with Crippen LogP contribution in [-0.2, 0) is 25.6 Å². The van der Waals surface area contributed by atoms with E-state index in [1.165, 1.54) is 12.1 Å². The van der Waals surface area contributed by atoms with Gasteiger partial charge in [0.15, 0.2) is 5.96 Å². The van der Waals surface area contributed by atoms with Gasteiger partial charge in [0.1, 0.15) is 23.9 Å². The zero-order valence-corrected chi connectivity index (χ0v) is 23.7. The number of rotatable bonds is 17. The third kappa shape index (κ3) is 13.3. The molecule has 0 saturated heterocycles. The predicted molar refractivity (Wildman–Crippen MR) is 152 cm³/mol. The van der Waals surface area contributed by atoms with E-state index >= 15 is 0 Å². The number of benzene rings is 1. The van der Waals surface area contributed by atoms with E-state index in [0.717, 1.165) is 5.56 Å². The third-order valence-electron chi connectivity index (χ3n) is 5.97. The Morgan fingerprint density at radius 1 is 0.825 bits per heavy atom. The van der Waals surface area contributed by atoms with Crippen molar-refractivity contribution < 1.29 is 29.4 Å². The average Bonchev–Trinajstić information content (AvgIpc) is 2.85. The monoisotopic (exact) mass is 563 g/mol. The molecule has 0 aromatic heterocycles. The van der Waals surface area contributed by atoms with Crippen molar-refractivity contribution in [3.63, 3.8) is 0 Å². The minimum Gasteiger partial charge on any atom is -0.508 e. The summed E-state index contributed by atoms with van der Waals surface area (Å²) >= 11 is 0. The number of nitrogens with zero attached hydrogens (tertiary/aromatic N) is 1. The zero-order chi connectivity index (χ0) is 30.4. The molecule has 11 N–H and O–H groups in total. The highest BCUT2D eigenvalue weighted by atomic mass is 16.4. The van der Waals surface area contributed by atoms with Crippen LogP contribution >= 0.6 is 0 Å². The van der Waals surface area contributed by atoms with Gasteiger partial charge in [-0.3, -0.25) is 19.4 Å². The smallest absolute Gasteiger partial charge is 0.326 e. The minimum atomic E-state index is -1.16. The van der Waals surface area contributed by atoms with Crippen molar-refractivity contribution in [1.29, 1.82) is 0 Å². The number of hydrogen-bond acceptors (Lipinski definition) is 7. The number of aromatic hydroxyl groups is 1. The van der Waals surface area contributed by atoms with Gasteiger partial charge in [-0.15, -0.1) is 0 Å². The molecule has 224 valence electrons. The Morgan fingerprint density at radius 3 is 1.85 bits per heavy atom. The molecule has 0 saturated carbocycles. The second-order valence-electron chi connectivity index (χ2n) is 10.7. The Balaban J connectivity index is 3.04. The summed E-state index contributed by atoms with van der Waals surface area (Å²) in [4.78, 5) is 54.9. The first-order valence-corrected chi connectivity index (χ1v) is 13.4. The number of nitrogens with one attached hydrogen (secondary N) is 3. The maximum Gasteiger partial charge on any atom is 0.326 e. The highest BCUT2D eigenvalue weighted by Crippen LogP contribution is 2.12. The van der Waals surface area contributed by atoms with Crippen LogP contribution in [-0.4, -0.2) is 70.6 Å². The van der Waals surface area contributed by atoms with Gasteiger partial charge >= 0.3 is 5.97 Å². The van der Waals surface area contributed by atoms with Crippen LogP contribution < -0.4 is 33.2 Å². The van der Waals surface area contributed by atoms with Gasteiger partial charge in [0.05, 0.1) is 6.04 Å². The van der Waals surface area contributed by atoms with E-state index in [1.54, 1.807) is 12.1 Å². The Kier molecular flexibility index (Phi) is 14.5. The molecule has 0 bridgehead atoms. The molecule has 0 heterocycles. The number of hydrogen-bond donors (Lipinski definition) is 8. The lowest BCUT2D eigenvalue weighted by molar-refractivity contribution is -0.143. The summed E-state index contributed by atoms with van der Waals surface area (Å²) in [5.74, 6) is -2.99. The molecule has 3 amide bonds. The molecular formula is C27H45N7O6. The molecule has 0 aliphatic rings. The van der Waals surface area contributed by atoms with Crippen molar-refractivity contribution in [2.24, 2.45) is 34.0 Å². The molecule has 4 unspecified atom stereocenters. The molecule has 0 fully saturated rings. The Bertz CT molecular complexity index is 1010. The Morgan fingerprint density at radius 2 is 1.32 bits per heavy atom. The number of amides is 3. The summed E-state index contributed by atoms with van der Waals surface area (Å²) < 4.78 is 0. The van der Waals surface area contributed by atoms with Crippen LogP contribution in [0.1, 0.15) is 58.9 Å². The number of nitrogens with two attached hydrogens (primary N) is 3. The summed E-state index contributed by atoms with van der Waals surface area (Å²) in [6.45, 7) is 7.64. The molecule has 40 heavy (non-hydrogen) atoms. The number of phenols is 1. The number of phenolic OH excluding ortho intramolecular Hbond substituents is 1. The van der Waals surface area contributed by atoms with Gasteiger partial charge in [0.2, 0.25) is 17.7 Å². The predicted octanol–water partition coefficient (Wildman–Crippen LogP) is -0.0532. The Hall–Kier alpha value is -3.87. The highest BCUT2D eigenvalue weighted by Gasteiger charge is 2.31. The number of aliphatic imine (C=N–C) groups is 1. The summed E-state index contributed by atoms with van der Waals surface area (Å²) in [5, 5.41) is 26.9. The van der Waals surface area contributed by atoms with Crippen molar-refractivity contribution in [1.82, 2.24) is 16.0 Å².